The summed E-state index contributed by atoms with van der Waals surface area (Å²) in [6.07, 6.45) is 0.659. The van der Waals surface area contributed by atoms with Crippen molar-refractivity contribution in [1.82, 2.24) is 15.1 Å². The third-order valence-electron chi connectivity index (χ3n) is 4.29. The van der Waals surface area contributed by atoms with E-state index >= 15 is 0 Å². The summed E-state index contributed by atoms with van der Waals surface area (Å²) >= 11 is 12.1. The Morgan fingerprint density at radius 2 is 1.90 bits per heavy atom. The third-order valence-corrected chi connectivity index (χ3v) is 5.22. The van der Waals surface area contributed by atoms with Gasteiger partial charge in [0.1, 0.15) is 28.3 Å². The number of rotatable bonds is 8. The smallest absolute Gasteiger partial charge is 0.286 e. The van der Waals surface area contributed by atoms with Crippen LogP contribution in [-0.4, -0.2) is 22.2 Å². The number of nitrogens with one attached hydrogen (secondary N) is 1. The van der Waals surface area contributed by atoms with Crippen LogP contribution in [0.1, 0.15) is 39.6 Å². The van der Waals surface area contributed by atoms with Crippen LogP contribution in [0.2, 0.25) is 10.2 Å². The van der Waals surface area contributed by atoms with Crippen molar-refractivity contribution in [3.05, 3.63) is 68.8 Å². The second-order valence-corrected chi connectivity index (χ2v) is 7.64. The summed E-state index contributed by atoms with van der Waals surface area (Å²) < 4.78 is 13.0. The molecule has 1 aromatic carbocycles. The lowest BCUT2D eigenvalue weighted by Crippen LogP contribution is -2.25. The molecular formula is C21H23Cl2N3O3. The Balaban J connectivity index is 1.45. The lowest BCUT2D eigenvalue weighted by atomic mass is 10.1. The molecule has 3 rings (SSSR count). The van der Waals surface area contributed by atoms with Gasteiger partial charge in [-0.1, -0.05) is 29.3 Å². The average Bonchev–Trinajstić information content (AvgIpc) is 3.24. The Morgan fingerprint density at radius 1 is 1.17 bits per heavy atom. The molecular weight excluding hydrogens is 413 g/mol. The van der Waals surface area contributed by atoms with Gasteiger partial charge in [-0.25, -0.2) is 0 Å². The number of benzene rings is 1. The van der Waals surface area contributed by atoms with Crippen molar-refractivity contribution < 1.29 is 13.9 Å². The van der Waals surface area contributed by atoms with Gasteiger partial charge < -0.3 is 14.5 Å². The first-order valence-corrected chi connectivity index (χ1v) is 10.1. The second-order valence-electron chi connectivity index (χ2n) is 6.90. The number of aryl methyl sites for hydroxylation is 4. The summed E-state index contributed by atoms with van der Waals surface area (Å²) in [5.74, 6) is 1.34. The average molecular weight is 436 g/mol. The molecule has 154 valence electrons. The molecule has 29 heavy (non-hydrogen) atoms. The van der Waals surface area contributed by atoms with Crippen LogP contribution >= 0.6 is 23.2 Å². The van der Waals surface area contributed by atoms with E-state index in [-0.39, 0.29) is 18.3 Å². The topological polar surface area (TPSA) is 69.3 Å². The Labute approximate surface area is 179 Å². The summed E-state index contributed by atoms with van der Waals surface area (Å²) in [5, 5.41) is 7.95. The number of nitrogens with zero attached hydrogens (tertiary/aromatic N) is 2. The molecule has 0 spiro atoms. The molecule has 6 nitrogen and oxygen atoms in total. The number of carbonyl (C=O) groups is 1. The van der Waals surface area contributed by atoms with Crippen molar-refractivity contribution in [2.75, 3.05) is 6.54 Å². The van der Waals surface area contributed by atoms with E-state index < -0.39 is 0 Å². The van der Waals surface area contributed by atoms with Crippen molar-refractivity contribution in [2.45, 2.75) is 40.3 Å². The number of furan rings is 1. The summed E-state index contributed by atoms with van der Waals surface area (Å²) in [7, 11) is 0. The molecule has 2 aromatic heterocycles. The highest BCUT2D eigenvalue weighted by molar-refractivity contribution is 6.41. The van der Waals surface area contributed by atoms with Crippen LogP contribution < -0.4 is 10.1 Å². The summed E-state index contributed by atoms with van der Waals surface area (Å²) in [4.78, 5) is 12.2. The fraction of sp³-hybridized carbons (Fsp3) is 0.333. The highest BCUT2D eigenvalue weighted by atomic mass is 35.5. The van der Waals surface area contributed by atoms with Crippen LogP contribution in [0, 0.1) is 20.8 Å². The first-order valence-electron chi connectivity index (χ1n) is 9.30. The zero-order chi connectivity index (χ0) is 21.0. The molecule has 0 aliphatic carbocycles. The summed E-state index contributed by atoms with van der Waals surface area (Å²) in [5.41, 5.74) is 2.95. The van der Waals surface area contributed by atoms with Gasteiger partial charge >= 0.3 is 0 Å². The molecule has 0 fully saturated rings. The van der Waals surface area contributed by atoms with Gasteiger partial charge in [0.25, 0.3) is 5.91 Å². The zero-order valence-corrected chi connectivity index (χ0v) is 18.1. The van der Waals surface area contributed by atoms with Gasteiger partial charge in [-0.05, 0) is 62.6 Å². The Hall–Kier alpha value is -2.44. The van der Waals surface area contributed by atoms with E-state index in [9.17, 15) is 4.79 Å². The lowest BCUT2D eigenvalue weighted by molar-refractivity contribution is 0.0921. The maximum atomic E-state index is 12.2. The Bertz CT molecular complexity index is 991. The van der Waals surface area contributed by atoms with Crippen LogP contribution in [0.25, 0.3) is 0 Å². The van der Waals surface area contributed by atoms with Gasteiger partial charge in [0.05, 0.1) is 5.69 Å². The minimum absolute atomic E-state index is 0.250. The van der Waals surface area contributed by atoms with Crippen molar-refractivity contribution in [3.8, 4) is 5.75 Å². The van der Waals surface area contributed by atoms with E-state index in [1.54, 1.807) is 23.7 Å². The maximum Gasteiger partial charge on any atom is 0.286 e. The molecule has 8 heteroatoms. The summed E-state index contributed by atoms with van der Waals surface area (Å²) in [6.45, 7) is 7.11. The van der Waals surface area contributed by atoms with Crippen LogP contribution in [-0.2, 0) is 13.2 Å². The number of aromatic nitrogens is 2. The van der Waals surface area contributed by atoms with Crippen LogP contribution in [0.3, 0.4) is 0 Å². The van der Waals surface area contributed by atoms with Crippen molar-refractivity contribution in [2.24, 2.45) is 0 Å². The van der Waals surface area contributed by atoms with Gasteiger partial charge in [0, 0.05) is 13.1 Å². The normalized spacial score (nSPS) is 10.9. The van der Waals surface area contributed by atoms with Crippen molar-refractivity contribution >= 4 is 29.1 Å². The largest absolute Gasteiger partial charge is 0.486 e. The van der Waals surface area contributed by atoms with Crippen LogP contribution in [0.4, 0.5) is 0 Å². The van der Waals surface area contributed by atoms with Gasteiger partial charge in [-0.15, -0.1) is 0 Å². The van der Waals surface area contributed by atoms with Gasteiger partial charge in [-0.2, -0.15) is 5.10 Å². The van der Waals surface area contributed by atoms with E-state index in [1.165, 1.54) is 0 Å². The molecule has 0 aliphatic heterocycles. The van der Waals surface area contributed by atoms with Crippen LogP contribution in [0.15, 0.2) is 34.7 Å². The number of hydrogen-bond acceptors (Lipinski definition) is 4. The predicted molar refractivity (Wildman–Crippen MR) is 113 cm³/mol. The summed E-state index contributed by atoms with van der Waals surface area (Å²) in [6, 6.07) is 9.39. The number of halogens is 2. The van der Waals surface area contributed by atoms with Gasteiger partial charge in [0.2, 0.25) is 0 Å². The minimum atomic E-state index is -0.275. The van der Waals surface area contributed by atoms with E-state index in [1.807, 2.05) is 26.0 Å². The third kappa shape index (κ3) is 5.55. The monoisotopic (exact) mass is 435 g/mol. The standard InChI is InChI=1S/C21H23Cl2N3O3/c1-13-9-14(2)11-17(10-13)28-12-16-5-6-18(29-16)21(27)24-7-4-8-26-20(23)19(22)15(3)25-26/h5-6,9-11H,4,7-8,12H2,1-3H3,(H,24,27). The molecule has 0 saturated heterocycles. The first kappa shape index (κ1) is 21.3. The molecule has 3 aromatic rings. The molecule has 0 unspecified atom stereocenters. The molecule has 0 saturated carbocycles. The molecule has 2 heterocycles. The Morgan fingerprint density at radius 3 is 2.55 bits per heavy atom. The van der Waals surface area contributed by atoms with Gasteiger partial charge in [-0.3, -0.25) is 9.48 Å². The quantitative estimate of drug-likeness (QED) is 0.499. The molecule has 1 amide bonds. The number of carbonyl (C=O) groups excluding carboxylic acids is 1. The fourth-order valence-electron chi connectivity index (χ4n) is 2.95. The van der Waals surface area contributed by atoms with Crippen molar-refractivity contribution in [3.63, 3.8) is 0 Å². The van der Waals surface area contributed by atoms with Crippen LogP contribution in [0.5, 0.6) is 5.75 Å². The SMILES string of the molecule is Cc1cc(C)cc(OCc2ccc(C(=O)NCCCn3nc(C)c(Cl)c3Cl)o2)c1. The number of ether oxygens (including phenoxy) is 1. The highest BCUT2D eigenvalue weighted by Crippen LogP contribution is 2.25. The Kier molecular flexibility index (Phi) is 6.87. The van der Waals surface area contributed by atoms with E-state index in [4.69, 9.17) is 32.4 Å². The second kappa shape index (κ2) is 9.37. The molecule has 0 aliphatic rings. The lowest BCUT2D eigenvalue weighted by Gasteiger charge is -2.07. The highest BCUT2D eigenvalue weighted by Gasteiger charge is 2.13. The molecule has 0 radical (unpaired) electrons. The molecule has 0 atom stereocenters. The number of hydrogen-bond donors (Lipinski definition) is 1. The fourth-order valence-corrected chi connectivity index (χ4v) is 3.34. The predicted octanol–water partition coefficient (Wildman–Crippen LogP) is 5.11. The van der Waals surface area contributed by atoms with E-state index in [2.05, 4.69) is 16.5 Å². The van der Waals surface area contributed by atoms with Crippen molar-refractivity contribution in [1.29, 1.82) is 0 Å². The van der Waals surface area contributed by atoms with E-state index in [0.717, 1.165) is 16.9 Å². The molecule has 1 N–H and O–H groups in total. The minimum Gasteiger partial charge on any atom is -0.486 e. The zero-order valence-electron chi connectivity index (χ0n) is 16.6. The van der Waals surface area contributed by atoms with Gasteiger partial charge in [0.15, 0.2) is 5.76 Å². The first-order chi connectivity index (χ1) is 13.8. The van der Waals surface area contributed by atoms with E-state index in [0.29, 0.717) is 41.1 Å². The molecule has 0 bridgehead atoms. The maximum absolute atomic E-state index is 12.2. The number of amides is 1.